The van der Waals surface area contributed by atoms with Gasteiger partial charge in [-0.25, -0.2) is 4.79 Å². The molecule has 0 spiro atoms. The molecular weight excluding hydrogens is 354 g/mol. The Balaban J connectivity index is 1.30. The number of benzene rings is 2. The highest BCUT2D eigenvalue weighted by Gasteiger charge is 2.18. The van der Waals surface area contributed by atoms with E-state index in [0.29, 0.717) is 0 Å². The molecule has 6 heteroatoms. The zero-order valence-corrected chi connectivity index (χ0v) is 16.0. The smallest absolute Gasteiger partial charge is 0.319 e. The van der Waals surface area contributed by atoms with Crippen molar-refractivity contribution in [3.8, 4) is 11.5 Å². The molecule has 0 aliphatic carbocycles. The number of carbonyl (C=O) groups is 1. The van der Waals surface area contributed by atoms with Gasteiger partial charge in [0.25, 0.3) is 0 Å². The van der Waals surface area contributed by atoms with Crippen LogP contribution in [0.2, 0.25) is 0 Å². The predicted molar refractivity (Wildman–Crippen MR) is 111 cm³/mol. The van der Waals surface area contributed by atoms with E-state index in [1.807, 2.05) is 54.6 Å². The third-order valence-electron chi connectivity index (χ3n) is 5.09. The summed E-state index contributed by atoms with van der Waals surface area (Å²) in [7, 11) is 2.11. The van der Waals surface area contributed by atoms with E-state index in [1.165, 1.54) is 0 Å². The molecule has 0 unspecified atom stereocenters. The van der Waals surface area contributed by atoms with Gasteiger partial charge in [-0.3, -0.25) is 0 Å². The van der Waals surface area contributed by atoms with Crippen molar-refractivity contribution in [3.05, 3.63) is 53.6 Å². The van der Waals surface area contributed by atoms with Gasteiger partial charge in [0.2, 0.25) is 6.79 Å². The number of anilines is 1. The van der Waals surface area contributed by atoms with E-state index in [1.54, 1.807) is 0 Å². The second kappa shape index (κ2) is 8.35. The van der Waals surface area contributed by atoms with E-state index in [9.17, 15) is 4.79 Å². The number of amides is 2. The maximum atomic E-state index is 12.2. The van der Waals surface area contributed by atoms with Crippen molar-refractivity contribution in [1.29, 1.82) is 0 Å². The fraction of sp³-hybridized carbons (Fsp3) is 0.318. The normalized spacial score (nSPS) is 17.0. The highest BCUT2D eigenvalue weighted by Crippen LogP contribution is 2.33. The van der Waals surface area contributed by atoms with Crippen LogP contribution in [0.4, 0.5) is 10.5 Å². The minimum absolute atomic E-state index is 0.141. The van der Waals surface area contributed by atoms with E-state index in [2.05, 4.69) is 22.6 Å². The second-order valence-electron chi connectivity index (χ2n) is 7.24. The molecule has 0 aromatic heterocycles. The van der Waals surface area contributed by atoms with E-state index in [-0.39, 0.29) is 18.9 Å². The van der Waals surface area contributed by atoms with Gasteiger partial charge in [0.1, 0.15) is 0 Å². The average Bonchev–Trinajstić information content (AvgIpc) is 3.17. The first-order chi connectivity index (χ1) is 13.7. The van der Waals surface area contributed by atoms with Crippen LogP contribution in [0, 0.1) is 0 Å². The third kappa shape index (κ3) is 4.64. The fourth-order valence-corrected chi connectivity index (χ4v) is 3.39. The first-order valence-corrected chi connectivity index (χ1v) is 9.59. The molecule has 2 N–H and O–H groups in total. The minimum atomic E-state index is -0.141. The number of nitrogens with one attached hydrogen (secondary N) is 2. The van der Waals surface area contributed by atoms with E-state index in [4.69, 9.17) is 9.47 Å². The van der Waals surface area contributed by atoms with Crippen molar-refractivity contribution in [2.75, 3.05) is 32.2 Å². The number of carbonyl (C=O) groups excluding carboxylic acids is 1. The number of nitrogens with zero attached hydrogens (tertiary/aromatic N) is 1. The van der Waals surface area contributed by atoms with Gasteiger partial charge in [0.15, 0.2) is 11.5 Å². The maximum absolute atomic E-state index is 12.2. The molecule has 2 aliphatic heterocycles. The molecule has 6 nitrogen and oxygen atoms in total. The van der Waals surface area contributed by atoms with E-state index < -0.39 is 0 Å². The lowest BCUT2D eigenvalue weighted by Crippen LogP contribution is -2.44. The zero-order chi connectivity index (χ0) is 19.3. The van der Waals surface area contributed by atoms with E-state index in [0.717, 1.165) is 54.2 Å². The number of likely N-dealkylation sites (tertiary alicyclic amines) is 1. The lowest BCUT2D eigenvalue weighted by Gasteiger charge is -2.29. The molecule has 146 valence electrons. The van der Waals surface area contributed by atoms with Gasteiger partial charge in [-0.1, -0.05) is 30.4 Å². The van der Waals surface area contributed by atoms with Crippen molar-refractivity contribution in [2.45, 2.75) is 18.9 Å². The SMILES string of the molecule is CN1CCC(NC(=O)Nc2ccc(/C=C/c3ccc4c(c3)OCO4)cc2)CC1. The highest BCUT2D eigenvalue weighted by molar-refractivity contribution is 5.89. The number of rotatable bonds is 4. The summed E-state index contributed by atoms with van der Waals surface area (Å²) >= 11 is 0. The molecule has 1 fully saturated rings. The molecule has 1 saturated heterocycles. The first-order valence-electron chi connectivity index (χ1n) is 9.59. The van der Waals surface area contributed by atoms with Gasteiger partial charge in [-0.15, -0.1) is 0 Å². The molecule has 2 aliphatic rings. The van der Waals surface area contributed by atoms with Gasteiger partial charge in [-0.05, 0) is 68.4 Å². The molecule has 0 radical (unpaired) electrons. The highest BCUT2D eigenvalue weighted by atomic mass is 16.7. The lowest BCUT2D eigenvalue weighted by molar-refractivity contribution is 0.174. The van der Waals surface area contributed by atoms with Crippen LogP contribution >= 0.6 is 0 Å². The predicted octanol–water partition coefficient (Wildman–Crippen LogP) is 3.80. The minimum Gasteiger partial charge on any atom is -0.454 e. The van der Waals surface area contributed by atoms with Gasteiger partial charge in [-0.2, -0.15) is 0 Å². The Morgan fingerprint density at radius 1 is 1.00 bits per heavy atom. The second-order valence-corrected chi connectivity index (χ2v) is 7.24. The molecule has 0 bridgehead atoms. The Labute approximate surface area is 165 Å². The van der Waals surface area contributed by atoms with Gasteiger partial charge >= 0.3 is 6.03 Å². The monoisotopic (exact) mass is 379 g/mol. The van der Waals surface area contributed by atoms with Crippen LogP contribution in [0.3, 0.4) is 0 Å². The number of piperidine rings is 1. The van der Waals surface area contributed by atoms with Crippen LogP contribution < -0.4 is 20.1 Å². The zero-order valence-electron chi connectivity index (χ0n) is 16.0. The molecule has 4 rings (SSSR count). The van der Waals surface area contributed by atoms with Crippen LogP contribution in [-0.2, 0) is 0 Å². The van der Waals surface area contributed by atoms with Crippen molar-refractivity contribution in [1.82, 2.24) is 10.2 Å². The Hall–Kier alpha value is -2.99. The summed E-state index contributed by atoms with van der Waals surface area (Å²) in [6.07, 6.45) is 6.04. The molecule has 0 saturated carbocycles. The third-order valence-corrected chi connectivity index (χ3v) is 5.09. The standard InChI is InChI=1S/C22H25N3O3/c1-25-12-10-19(11-13-25)24-22(26)23-18-7-4-16(5-8-18)2-3-17-6-9-20-21(14-17)28-15-27-20/h2-9,14,19H,10-13,15H2,1H3,(H2,23,24,26)/b3-2+. The van der Waals surface area contributed by atoms with E-state index >= 15 is 0 Å². The Morgan fingerprint density at radius 3 is 2.46 bits per heavy atom. The molecule has 0 atom stereocenters. The summed E-state index contributed by atoms with van der Waals surface area (Å²) in [5, 5.41) is 5.97. The number of ether oxygens (including phenoxy) is 2. The van der Waals surface area contributed by atoms with Gasteiger partial charge in [0.05, 0.1) is 0 Å². The molecule has 2 aromatic rings. The summed E-state index contributed by atoms with van der Waals surface area (Å²) in [4.78, 5) is 14.5. The molecule has 2 amide bonds. The van der Waals surface area contributed by atoms with Gasteiger partial charge in [0, 0.05) is 11.7 Å². The maximum Gasteiger partial charge on any atom is 0.319 e. The Bertz CT molecular complexity index is 856. The summed E-state index contributed by atoms with van der Waals surface area (Å²) < 4.78 is 10.7. The lowest BCUT2D eigenvalue weighted by atomic mass is 10.1. The van der Waals surface area contributed by atoms with Crippen LogP contribution in [-0.4, -0.2) is 43.9 Å². The molecular formula is C22H25N3O3. The summed E-state index contributed by atoms with van der Waals surface area (Å²) in [6, 6.07) is 13.8. The number of hydrogen-bond acceptors (Lipinski definition) is 4. The fourth-order valence-electron chi connectivity index (χ4n) is 3.39. The van der Waals surface area contributed by atoms with Crippen LogP contribution in [0.25, 0.3) is 12.2 Å². The average molecular weight is 379 g/mol. The summed E-state index contributed by atoms with van der Waals surface area (Å²) in [5.74, 6) is 1.56. The molecule has 28 heavy (non-hydrogen) atoms. The van der Waals surface area contributed by atoms with Crippen molar-refractivity contribution in [3.63, 3.8) is 0 Å². The first kappa shape index (κ1) is 18.4. The van der Waals surface area contributed by atoms with Crippen molar-refractivity contribution < 1.29 is 14.3 Å². The number of hydrogen-bond donors (Lipinski definition) is 2. The van der Waals surface area contributed by atoms with Crippen LogP contribution in [0.5, 0.6) is 11.5 Å². The number of urea groups is 1. The molecule has 2 heterocycles. The van der Waals surface area contributed by atoms with Crippen LogP contribution in [0.1, 0.15) is 24.0 Å². The molecule has 2 aromatic carbocycles. The Kier molecular flexibility index (Phi) is 5.48. The van der Waals surface area contributed by atoms with Crippen molar-refractivity contribution in [2.24, 2.45) is 0 Å². The topological polar surface area (TPSA) is 62.8 Å². The number of fused-ring (bicyclic) bond motifs is 1. The quantitative estimate of drug-likeness (QED) is 0.793. The largest absolute Gasteiger partial charge is 0.454 e. The van der Waals surface area contributed by atoms with Crippen molar-refractivity contribution >= 4 is 23.9 Å². The summed E-state index contributed by atoms with van der Waals surface area (Å²) in [6.45, 7) is 2.33. The summed E-state index contributed by atoms with van der Waals surface area (Å²) in [5.41, 5.74) is 2.88. The Morgan fingerprint density at radius 2 is 1.68 bits per heavy atom. The van der Waals surface area contributed by atoms with Crippen LogP contribution in [0.15, 0.2) is 42.5 Å². The van der Waals surface area contributed by atoms with Gasteiger partial charge < -0.3 is 25.0 Å².